The molecule has 1 aromatic carbocycles. The van der Waals surface area contributed by atoms with Crippen LogP contribution in [-0.2, 0) is 6.54 Å². The van der Waals surface area contributed by atoms with Crippen molar-refractivity contribution in [2.24, 2.45) is 0 Å². The third-order valence-corrected chi connectivity index (χ3v) is 3.08. The number of para-hydroxylation sites is 1. The SMILES string of the molecule is C[C@H](O)CN(C)C(=O)c1ccccc1NCc1ccco1. The lowest BCUT2D eigenvalue weighted by Crippen LogP contribution is -2.33. The molecule has 0 fully saturated rings. The fourth-order valence-electron chi connectivity index (χ4n) is 2.10. The number of carbonyl (C=O) groups excluding carboxylic acids is 1. The minimum Gasteiger partial charge on any atom is -0.467 e. The van der Waals surface area contributed by atoms with E-state index in [9.17, 15) is 9.90 Å². The number of benzene rings is 1. The summed E-state index contributed by atoms with van der Waals surface area (Å²) in [4.78, 5) is 13.9. The van der Waals surface area contributed by atoms with Crippen LogP contribution in [0.3, 0.4) is 0 Å². The number of hydrogen-bond donors (Lipinski definition) is 2. The van der Waals surface area contributed by atoms with Crippen molar-refractivity contribution >= 4 is 11.6 Å². The van der Waals surface area contributed by atoms with Gasteiger partial charge in [-0.05, 0) is 31.2 Å². The number of likely N-dealkylation sites (N-methyl/N-ethyl adjacent to an activating group) is 1. The van der Waals surface area contributed by atoms with Gasteiger partial charge in [0.1, 0.15) is 5.76 Å². The van der Waals surface area contributed by atoms with Gasteiger partial charge in [0.25, 0.3) is 5.91 Å². The third kappa shape index (κ3) is 4.10. The van der Waals surface area contributed by atoms with Crippen LogP contribution in [-0.4, -0.2) is 35.6 Å². The minimum absolute atomic E-state index is 0.126. The normalized spacial score (nSPS) is 12.0. The minimum atomic E-state index is -0.554. The van der Waals surface area contributed by atoms with Crippen molar-refractivity contribution in [1.82, 2.24) is 4.90 Å². The molecule has 5 heteroatoms. The highest BCUT2D eigenvalue weighted by Gasteiger charge is 2.16. The Hall–Kier alpha value is -2.27. The number of carbonyl (C=O) groups is 1. The molecule has 0 radical (unpaired) electrons. The fourth-order valence-corrected chi connectivity index (χ4v) is 2.10. The maximum Gasteiger partial charge on any atom is 0.255 e. The van der Waals surface area contributed by atoms with Gasteiger partial charge >= 0.3 is 0 Å². The van der Waals surface area contributed by atoms with Gasteiger partial charge in [0.05, 0.1) is 24.5 Å². The molecule has 0 bridgehead atoms. The van der Waals surface area contributed by atoms with Crippen molar-refractivity contribution in [2.45, 2.75) is 19.6 Å². The molecule has 2 aromatic rings. The molecule has 1 amide bonds. The number of aliphatic hydroxyl groups is 1. The highest BCUT2D eigenvalue weighted by atomic mass is 16.3. The Morgan fingerprint density at radius 3 is 2.76 bits per heavy atom. The largest absolute Gasteiger partial charge is 0.467 e. The lowest BCUT2D eigenvalue weighted by molar-refractivity contribution is 0.0704. The molecule has 0 saturated heterocycles. The first kappa shape index (κ1) is 15.1. The molecule has 2 N–H and O–H groups in total. The van der Waals surface area contributed by atoms with Crippen molar-refractivity contribution in [3.05, 3.63) is 54.0 Å². The van der Waals surface area contributed by atoms with Crippen molar-refractivity contribution in [3.8, 4) is 0 Å². The summed E-state index contributed by atoms with van der Waals surface area (Å²) >= 11 is 0. The van der Waals surface area contributed by atoms with E-state index in [-0.39, 0.29) is 5.91 Å². The molecule has 0 aliphatic heterocycles. The highest BCUT2D eigenvalue weighted by molar-refractivity contribution is 5.99. The van der Waals surface area contributed by atoms with Crippen LogP contribution in [0.2, 0.25) is 0 Å². The number of aliphatic hydroxyl groups excluding tert-OH is 1. The summed E-state index contributed by atoms with van der Waals surface area (Å²) in [6.45, 7) is 2.47. The van der Waals surface area contributed by atoms with Gasteiger partial charge in [-0.25, -0.2) is 0 Å². The van der Waals surface area contributed by atoms with Crippen LogP contribution in [0.4, 0.5) is 5.69 Å². The summed E-state index contributed by atoms with van der Waals surface area (Å²) in [5.74, 6) is 0.674. The second-order valence-corrected chi connectivity index (χ2v) is 5.01. The average Bonchev–Trinajstić information content (AvgIpc) is 2.97. The zero-order valence-electron chi connectivity index (χ0n) is 12.2. The van der Waals surface area contributed by atoms with E-state index in [1.807, 2.05) is 30.3 Å². The van der Waals surface area contributed by atoms with E-state index in [2.05, 4.69) is 5.32 Å². The molecular weight excluding hydrogens is 268 g/mol. The molecule has 1 atom stereocenters. The third-order valence-electron chi connectivity index (χ3n) is 3.08. The summed E-state index contributed by atoms with van der Waals surface area (Å²) in [5, 5.41) is 12.6. The Kier molecular flexibility index (Phi) is 5.00. The first-order valence-electron chi connectivity index (χ1n) is 6.86. The Morgan fingerprint density at radius 2 is 2.10 bits per heavy atom. The molecule has 5 nitrogen and oxygen atoms in total. The van der Waals surface area contributed by atoms with E-state index in [4.69, 9.17) is 4.42 Å². The predicted octanol–water partition coefficient (Wildman–Crippen LogP) is 2.34. The Bertz CT molecular complexity index is 579. The molecule has 0 aliphatic rings. The van der Waals surface area contributed by atoms with Gasteiger partial charge in [-0.3, -0.25) is 4.79 Å². The van der Waals surface area contributed by atoms with Crippen LogP contribution in [0.1, 0.15) is 23.0 Å². The molecule has 1 aromatic heterocycles. The van der Waals surface area contributed by atoms with Gasteiger partial charge in [0.15, 0.2) is 0 Å². The van der Waals surface area contributed by atoms with Gasteiger partial charge in [0.2, 0.25) is 0 Å². The van der Waals surface area contributed by atoms with Gasteiger partial charge in [-0.15, -0.1) is 0 Å². The molecule has 1 heterocycles. The van der Waals surface area contributed by atoms with Gasteiger partial charge < -0.3 is 19.7 Å². The molecule has 2 rings (SSSR count). The highest BCUT2D eigenvalue weighted by Crippen LogP contribution is 2.18. The van der Waals surface area contributed by atoms with Crippen molar-refractivity contribution in [2.75, 3.05) is 18.9 Å². The summed E-state index contributed by atoms with van der Waals surface area (Å²) in [6, 6.07) is 11.0. The zero-order valence-corrected chi connectivity index (χ0v) is 12.2. The standard InChI is InChI=1S/C16H20N2O3/c1-12(19)11-18(2)16(20)14-7-3-4-8-15(14)17-10-13-6-5-9-21-13/h3-9,12,17,19H,10-11H2,1-2H3/t12-/m0/s1. The van der Waals surface area contributed by atoms with Crippen molar-refractivity contribution < 1.29 is 14.3 Å². The Morgan fingerprint density at radius 1 is 1.33 bits per heavy atom. The zero-order chi connectivity index (χ0) is 15.2. The van der Waals surface area contributed by atoms with Crippen LogP contribution in [0.25, 0.3) is 0 Å². The smallest absolute Gasteiger partial charge is 0.255 e. The van der Waals surface area contributed by atoms with E-state index in [0.29, 0.717) is 18.7 Å². The predicted molar refractivity (Wildman–Crippen MR) is 81.1 cm³/mol. The summed E-state index contributed by atoms with van der Waals surface area (Å²) in [6.07, 6.45) is 1.06. The second kappa shape index (κ2) is 6.95. The first-order chi connectivity index (χ1) is 10.1. The first-order valence-corrected chi connectivity index (χ1v) is 6.86. The second-order valence-electron chi connectivity index (χ2n) is 5.01. The van der Waals surface area contributed by atoms with E-state index in [1.165, 1.54) is 4.90 Å². The molecule has 112 valence electrons. The number of furan rings is 1. The molecule has 0 saturated carbocycles. The van der Waals surface area contributed by atoms with Crippen LogP contribution < -0.4 is 5.32 Å². The summed E-state index contributed by atoms with van der Waals surface area (Å²) in [7, 11) is 1.68. The number of nitrogens with one attached hydrogen (secondary N) is 1. The Balaban J connectivity index is 2.10. The lowest BCUT2D eigenvalue weighted by atomic mass is 10.1. The molecule has 21 heavy (non-hydrogen) atoms. The molecular formula is C16H20N2O3. The quantitative estimate of drug-likeness (QED) is 0.856. The van der Waals surface area contributed by atoms with Gasteiger partial charge in [0, 0.05) is 19.3 Å². The van der Waals surface area contributed by atoms with Crippen LogP contribution in [0, 0.1) is 0 Å². The monoisotopic (exact) mass is 288 g/mol. The molecule has 0 spiro atoms. The number of anilines is 1. The van der Waals surface area contributed by atoms with Crippen molar-refractivity contribution in [1.29, 1.82) is 0 Å². The Labute approximate surface area is 124 Å². The number of nitrogens with zero attached hydrogens (tertiary/aromatic N) is 1. The van der Waals surface area contributed by atoms with Crippen molar-refractivity contribution in [3.63, 3.8) is 0 Å². The van der Waals surface area contributed by atoms with E-state index in [0.717, 1.165) is 11.4 Å². The van der Waals surface area contributed by atoms with Gasteiger partial charge in [-0.1, -0.05) is 12.1 Å². The number of rotatable bonds is 6. The lowest BCUT2D eigenvalue weighted by Gasteiger charge is -2.20. The van der Waals surface area contributed by atoms with E-state index >= 15 is 0 Å². The van der Waals surface area contributed by atoms with Crippen LogP contribution in [0.5, 0.6) is 0 Å². The fraction of sp³-hybridized carbons (Fsp3) is 0.312. The number of amides is 1. The maximum atomic E-state index is 12.4. The van der Waals surface area contributed by atoms with Crippen LogP contribution in [0.15, 0.2) is 47.1 Å². The van der Waals surface area contributed by atoms with E-state index < -0.39 is 6.10 Å². The maximum absolute atomic E-state index is 12.4. The van der Waals surface area contributed by atoms with E-state index in [1.54, 1.807) is 26.3 Å². The summed E-state index contributed by atoms with van der Waals surface area (Å²) in [5.41, 5.74) is 1.32. The molecule has 0 unspecified atom stereocenters. The molecule has 0 aliphatic carbocycles. The van der Waals surface area contributed by atoms with Crippen LogP contribution >= 0.6 is 0 Å². The number of hydrogen-bond acceptors (Lipinski definition) is 4. The summed E-state index contributed by atoms with van der Waals surface area (Å²) < 4.78 is 5.26. The van der Waals surface area contributed by atoms with Gasteiger partial charge in [-0.2, -0.15) is 0 Å². The average molecular weight is 288 g/mol. The topological polar surface area (TPSA) is 65.7 Å².